The summed E-state index contributed by atoms with van der Waals surface area (Å²) in [6, 6.07) is 6.38. The summed E-state index contributed by atoms with van der Waals surface area (Å²) in [5.41, 5.74) is 0. The molecule has 0 aliphatic heterocycles. The second-order valence-electron chi connectivity index (χ2n) is 2.79. The summed E-state index contributed by atoms with van der Waals surface area (Å²) >= 11 is 8.01. The highest BCUT2D eigenvalue weighted by atomic mass is 35.5. The maximum Gasteiger partial charge on any atom is 0.163 e. The van der Waals surface area contributed by atoms with Crippen molar-refractivity contribution in [2.75, 3.05) is 0 Å². The van der Waals surface area contributed by atoms with Crippen LogP contribution in [0.25, 0.3) is 0 Å². The van der Waals surface area contributed by atoms with Gasteiger partial charge in [0.15, 0.2) is 15.8 Å². The SMILES string of the molecule is O=Cc1sc(Sc2ccccc2F)nc1Cl. The van der Waals surface area contributed by atoms with E-state index in [1.165, 1.54) is 6.07 Å². The van der Waals surface area contributed by atoms with Gasteiger partial charge in [-0.2, -0.15) is 0 Å². The summed E-state index contributed by atoms with van der Waals surface area (Å²) in [5, 5.41) is 0.166. The first-order chi connectivity index (χ1) is 7.70. The van der Waals surface area contributed by atoms with Crippen LogP contribution in [0.2, 0.25) is 5.15 Å². The van der Waals surface area contributed by atoms with Crippen molar-refractivity contribution in [1.29, 1.82) is 0 Å². The molecule has 0 N–H and O–H groups in total. The van der Waals surface area contributed by atoms with Crippen molar-refractivity contribution in [3.8, 4) is 0 Å². The molecule has 0 unspecified atom stereocenters. The molecule has 1 heterocycles. The fraction of sp³-hybridized carbons (Fsp3) is 0. The molecule has 0 amide bonds. The highest BCUT2D eigenvalue weighted by Gasteiger charge is 2.11. The summed E-state index contributed by atoms with van der Waals surface area (Å²) in [7, 11) is 0. The number of rotatable bonds is 3. The van der Waals surface area contributed by atoms with E-state index < -0.39 is 0 Å². The van der Waals surface area contributed by atoms with Gasteiger partial charge in [0, 0.05) is 0 Å². The van der Waals surface area contributed by atoms with E-state index in [1.807, 2.05) is 0 Å². The number of hydrogen-bond donors (Lipinski definition) is 0. The van der Waals surface area contributed by atoms with E-state index >= 15 is 0 Å². The van der Waals surface area contributed by atoms with E-state index in [9.17, 15) is 9.18 Å². The molecule has 0 aliphatic rings. The van der Waals surface area contributed by atoms with Crippen LogP contribution in [0, 0.1) is 5.82 Å². The van der Waals surface area contributed by atoms with Gasteiger partial charge in [-0.05, 0) is 12.1 Å². The normalized spacial score (nSPS) is 10.4. The minimum absolute atomic E-state index is 0.166. The van der Waals surface area contributed by atoms with E-state index in [0.29, 0.717) is 20.4 Å². The molecule has 2 rings (SSSR count). The van der Waals surface area contributed by atoms with Crippen molar-refractivity contribution in [1.82, 2.24) is 4.98 Å². The maximum absolute atomic E-state index is 13.3. The Morgan fingerprint density at radius 3 is 2.81 bits per heavy atom. The topological polar surface area (TPSA) is 30.0 Å². The number of halogens is 2. The van der Waals surface area contributed by atoms with Crippen LogP contribution in [-0.4, -0.2) is 11.3 Å². The molecule has 0 fully saturated rings. The molecular formula is C10H5ClFNOS2. The molecule has 0 atom stereocenters. The molecule has 0 spiro atoms. The number of nitrogens with zero attached hydrogens (tertiary/aromatic N) is 1. The number of aromatic nitrogens is 1. The molecule has 6 heteroatoms. The lowest BCUT2D eigenvalue weighted by Crippen LogP contribution is -1.78. The van der Waals surface area contributed by atoms with Crippen LogP contribution in [0.15, 0.2) is 33.5 Å². The van der Waals surface area contributed by atoms with Crippen LogP contribution in [0.5, 0.6) is 0 Å². The molecule has 2 aromatic rings. The second-order valence-corrected chi connectivity index (χ2v) is 5.46. The Balaban J connectivity index is 2.27. The number of carbonyl (C=O) groups is 1. The minimum Gasteiger partial charge on any atom is -0.297 e. The Labute approximate surface area is 104 Å². The molecule has 0 aliphatic carbocycles. The van der Waals surface area contributed by atoms with Crippen molar-refractivity contribution < 1.29 is 9.18 Å². The van der Waals surface area contributed by atoms with E-state index in [-0.39, 0.29) is 11.0 Å². The Hall–Kier alpha value is -0.910. The summed E-state index contributed by atoms with van der Waals surface area (Å²) < 4.78 is 13.9. The fourth-order valence-electron chi connectivity index (χ4n) is 1.03. The van der Waals surface area contributed by atoms with Gasteiger partial charge in [-0.25, -0.2) is 9.37 Å². The van der Waals surface area contributed by atoms with Gasteiger partial charge in [0.1, 0.15) is 10.7 Å². The third kappa shape index (κ3) is 2.42. The zero-order valence-electron chi connectivity index (χ0n) is 7.81. The summed E-state index contributed by atoms with van der Waals surface area (Å²) in [4.78, 5) is 15.4. The van der Waals surface area contributed by atoms with Crippen molar-refractivity contribution in [3.05, 3.63) is 40.1 Å². The Bertz CT molecular complexity index is 529. The van der Waals surface area contributed by atoms with Crippen LogP contribution in [0.3, 0.4) is 0 Å². The largest absolute Gasteiger partial charge is 0.297 e. The molecular weight excluding hydrogens is 269 g/mol. The van der Waals surface area contributed by atoms with Gasteiger partial charge in [-0.3, -0.25) is 4.79 Å². The monoisotopic (exact) mass is 273 g/mol. The van der Waals surface area contributed by atoms with Crippen molar-refractivity contribution in [2.24, 2.45) is 0 Å². The van der Waals surface area contributed by atoms with Crippen LogP contribution in [0.4, 0.5) is 4.39 Å². The van der Waals surface area contributed by atoms with Crippen LogP contribution >= 0.6 is 34.7 Å². The maximum atomic E-state index is 13.3. The number of carbonyl (C=O) groups excluding carboxylic acids is 1. The minimum atomic E-state index is -0.313. The Morgan fingerprint density at radius 2 is 2.19 bits per heavy atom. The van der Waals surface area contributed by atoms with Crippen molar-refractivity contribution in [2.45, 2.75) is 9.24 Å². The predicted molar refractivity (Wildman–Crippen MR) is 63.0 cm³/mol. The van der Waals surface area contributed by atoms with Gasteiger partial charge in [0.05, 0.1) is 4.90 Å². The molecule has 82 valence electrons. The zero-order valence-corrected chi connectivity index (χ0v) is 10.2. The standard InChI is InChI=1S/C10H5ClFNOS2/c11-9-8(5-14)16-10(13-9)15-7-4-2-1-3-6(7)12/h1-5H. The number of aldehydes is 1. The first kappa shape index (κ1) is 11.6. The molecule has 1 aromatic heterocycles. The molecule has 0 saturated heterocycles. The molecule has 0 saturated carbocycles. The Morgan fingerprint density at radius 1 is 1.44 bits per heavy atom. The van der Waals surface area contributed by atoms with Gasteiger partial charge < -0.3 is 0 Å². The third-order valence-electron chi connectivity index (χ3n) is 1.73. The first-order valence-corrected chi connectivity index (χ1v) is 6.25. The van der Waals surface area contributed by atoms with Gasteiger partial charge in [-0.15, -0.1) is 11.3 Å². The number of hydrogen-bond acceptors (Lipinski definition) is 4. The summed E-state index contributed by atoms with van der Waals surface area (Å²) in [6.07, 6.45) is 0.644. The number of thiazole rings is 1. The smallest absolute Gasteiger partial charge is 0.163 e. The number of benzene rings is 1. The van der Waals surface area contributed by atoms with E-state index in [1.54, 1.807) is 18.2 Å². The van der Waals surface area contributed by atoms with E-state index in [4.69, 9.17) is 11.6 Å². The van der Waals surface area contributed by atoms with Gasteiger partial charge in [0.25, 0.3) is 0 Å². The average Bonchev–Trinajstić information content (AvgIpc) is 2.62. The van der Waals surface area contributed by atoms with Gasteiger partial charge in [0.2, 0.25) is 0 Å². The van der Waals surface area contributed by atoms with Gasteiger partial charge >= 0.3 is 0 Å². The molecule has 16 heavy (non-hydrogen) atoms. The molecule has 0 radical (unpaired) electrons. The van der Waals surface area contributed by atoms with Crippen molar-refractivity contribution >= 4 is 41.0 Å². The van der Waals surface area contributed by atoms with E-state index in [0.717, 1.165) is 23.1 Å². The molecule has 1 aromatic carbocycles. The highest BCUT2D eigenvalue weighted by molar-refractivity contribution is 8.01. The average molecular weight is 274 g/mol. The fourth-order valence-corrected chi connectivity index (χ4v) is 3.22. The highest BCUT2D eigenvalue weighted by Crippen LogP contribution is 2.35. The quantitative estimate of drug-likeness (QED) is 0.795. The van der Waals surface area contributed by atoms with Crippen LogP contribution in [-0.2, 0) is 0 Å². The van der Waals surface area contributed by atoms with Crippen LogP contribution in [0.1, 0.15) is 9.67 Å². The first-order valence-electron chi connectivity index (χ1n) is 4.24. The Kier molecular flexibility index (Phi) is 3.58. The lowest BCUT2D eigenvalue weighted by Gasteiger charge is -1.97. The lowest BCUT2D eigenvalue weighted by molar-refractivity contribution is 0.112. The lowest BCUT2D eigenvalue weighted by atomic mass is 10.4. The molecule has 2 nitrogen and oxygen atoms in total. The molecule has 0 bridgehead atoms. The van der Waals surface area contributed by atoms with Crippen LogP contribution < -0.4 is 0 Å². The second kappa shape index (κ2) is 4.95. The third-order valence-corrected chi connectivity index (χ3v) is 4.22. The van der Waals surface area contributed by atoms with Crippen molar-refractivity contribution in [3.63, 3.8) is 0 Å². The summed E-state index contributed by atoms with van der Waals surface area (Å²) in [5.74, 6) is -0.313. The predicted octanol–water partition coefficient (Wildman–Crippen LogP) is 3.90. The van der Waals surface area contributed by atoms with E-state index in [2.05, 4.69) is 4.98 Å². The zero-order chi connectivity index (χ0) is 11.5. The summed E-state index contributed by atoms with van der Waals surface area (Å²) in [6.45, 7) is 0. The van der Waals surface area contributed by atoms with Gasteiger partial charge in [-0.1, -0.05) is 35.5 Å².